The van der Waals surface area contributed by atoms with Crippen LogP contribution in [-0.2, 0) is 0 Å². The quantitative estimate of drug-likeness (QED) is 0.108. The molecule has 3 N–H and O–H groups in total. The van der Waals surface area contributed by atoms with Crippen LogP contribution < -0.4 is 42.3 Å². The van der Waals surface area contributed by atoms with Crippen molar-refractivity contribution in [2.75, 3.05) is 7.11 Å². The second kappa shape index (κ2) is 27.1. The summed E-state index contributed by atoms with van der Waals surface area (Å²) < 4.78 is 19.3. The summed E-state index contributed by atoms with van der Waals surface area (Å²) in [5, 5.41) is 25.7. The normalized spacial score (nSPS) is 10.7. The molecule has 6 rings (SSSR count). The van der Waals surface area contributed by atoms with Crippen LogP contribution in [0.3, 0.4) is 0 Å². The number of pyridine rings is 2. The molecule has 4 heterocycles. The summed E-state index contributed by atoms with van der Waals surface area (Å²) in [4.78, 5) is 70.4. The van der Waals surface area contributed by atoms with Gasteiger partial charge in [0, 0.05) is 17.3 Å². The van der Waals surface area contributed by atoms with Gasteiger partial charge in [0.15, 0.2) is 0 Å². The molecule has 0 atom stereocenters. The molecule has 360 valence electrons. The van der Waals surface area contributed by atoms with Gasteiger partial charge in [-0.05, 0) is 98.2 Å². The number of nitrogens with zero attached hydrogens (tertiary/aromatic N) is 7. The van der Waals surface area contributed by atoms with E-state index in [4.69, 9.17) is 24.7 Å². The first kappa shape index (κ1) is 59.6. The van der Waals surface area contributed by atoms with E-state index in [0.717, 1.165) is 26.1 Å². The van der Waals surface area contributed by atoms with Gasteiger partial charge in [-0.25, -0.2) is 14.6 Å². The number of aromatic nitrogens is 8. The number of hydrogen-bond donors (Lipinski definition) is 3. The molecule has 0 saturated carbocycles. The molecule has 67 heavy (non-hydrogen) atoms. The third-order valence-electron chi connectivity index (χ3n) is 8.96. The second-order valence-electron chi connectivity index (χ2n) is 14.3. The maximum atomic E-state index is 12.2. The van der Waals surface area contributed by atoms with E-state index >= 15 is 0 Å². The maximum absolute atomic E-state index is 12.2. The Hall–Kier alpha value is -3.48. The molecule has 0 bridgehead atoms. The Morgan fingerprint density at radius 2 is 1.01 bits per heavy atom. The molecule has 0 spiro atoms. The summed E-state index contributed by atoms with van der Waals surface area (Å²) >= 11 is 10.5. The zero-order valence-electron chi connectivity index (χ0n) is 35.9. The molecule has 2 aromatic carbocycles. The van der Waals surface area contributed by atoms with Crippen molar-refractivity contribution < 1.29 is 14.2 Å². The van der Waals surface area contributed by atoms with Crippen LogP contribution in [0.4, 0.5) is 0 Å². The Morgan fingerprint density at radius 1 is 0.627 bits per heavy atom. The zero-order valence-corrected chi connectivity index (χ0v) is 48.9. The molecule has 0 amide bonds. The van der Waals surface area contributed by atoms with Gasteiger partial charge in [0.25, 0.3) is 16.7 Å². The van der Waals surface area contributed by atoms with Crippen LogP contribution in [-0.4, -0.2) is 46.6 Å². The van der Waals surface area contributed by atoms with Gasteiger partial charge in [-0.2, -0.15) is 19.9 Å². The van der Waals surface area contributed by atoms with Gasteiger partial charge in [-0.15, -0.1) is 10.2 Å². The van der Waals surface area contributed by atoms with E-state index < -0.39 is 33.9 Å². The topological polar surface area (TPSA) is 257 Å². The van der Waals surface area contributed by atoms with Crippen LogP contribution in [0.1, 0.15) is 99.2 Å². The number of methoxy groups -OCH3 is 1. The average Bonchev–Trinajstić information content (AvgIpc) is 3.24. The number of rotatable bonds is 10. The number of nitrogens with one attached hydrogen (secondary N) is 3. The second-order valence-corrected chi connectivity index (χ2v) is 112. The van der Waals surface area contributed by atoms with Crippen molar-refractivity contribution in [1.29, 1.82) is 10.5 Å². The molecule has 0 aliphatic rings. The Bertz CT molecular complexity index is 3060. The van der Waals surface area contributed by atoms with E-state index in [1.807, 2.05) is 47.6 Å². The number of benzene rings is 2. The van der Waals surface area contributed by atoms with Gasteiger partial charge in [0.2, 0.25) is 17.3 Å². The monoisotopic (exact) mass is 1590 g/mol. The van der Waals surface area contributed by atoms with Gasteiger partial charge in [-0.1, -0.05) is 42.5 Å². The average molecular weight is 1590 g/mol. The van der Waals surface area contributed by atoms with Gasteiger partial charge in [0.05, 0.1) is 24.7 Å². The van der Waals surface area contributed by atoms with Gasteiger partial charge in [0.1, 0.15) is 35.1 Å². The molecule has 0 saturated heterocycles. The zero-order chi connectivity index (χ0) is 48.4. The summed E-state index contributed by atoms with van der Waals surface area (Å²) in [5.74, 6) is 3.01. The van der Waals surface area contributed by atoms with Crippen LogP contribution in [0.25, 0.3) is 11.4 Å². The van der Waals surface area contributed by atoms with E-state index in [-0.39, 0.29) is 48.0 Å². The Kier molecular flexibility index (Phi) is 24.1. The number of ether oxygens (including phenoxy) is 3. The van der Waals surface area contributed by atoms with Crippen molar-refractivity contribution in [3.8, 4) is 52.4 Å². The number of nitriles is 2. The van der Waals surface area contributed by atoms with Crippen LogP contribution >= 0.6 is 90.3 Å². The fourth-order valence-corrected chi connectivity index (χ4v) is 6.01. The number of hydrogen-bond acceptors (Lipinski definition) is 13. The van der Waals surface area contributed by atoms with Crippen molar-refractivity contribution in [3.63, 3.8) is 0 Å². The SMILES string of the molecule is C.C.COc1ncc(Oc2c(C)cc(-n3nc(C#N)c(=O)[nH]c3=O)cc2C)cc1C(C)C.Cc1cc(-n2nc(C#N)c(=O)[nH]c2=O)cc(C)c1Oc1c[nH]c(=O)c(C(C)C)c1.II(I)I(I)I. The van der Waals surface area contributed by atoms with Gasteiger partial charge < -0.3 is 19.2 Å². The fourth-order valence-electron chi connectivity index (χ4n) is 6.01. The molecular formula is C43H48I6N10O8. The first-order valence-electron chi connectivity index (χ1n) is 18.8. The van der Waals surface area contributed by atoms with Crippen molar-refractivity contribution in [2.45, 2.75) is 82.1 Å². The minimum atomic E-state index is -0.832. The fraction of sp³-hybridized carbons (Fsp3) is 0.302. The predicted molar refractivity (Wildman–Crippen MR) is 313 cm³/mol. The van der Waals surface area contributed by atoms with Crippen molar-refractivity contribution in [2.24, 2.45) is 0 Å². The molecule has 0 aliphatic carbocycles. The van der Waals surface area contributed by atoms with Crippen molar-refractivity contribution in [3.05, 3.63) is 146 Å². The number of aryl methyl sites for hydroxylation is 4. The van der Waals surface area contributed by atoms with Crippen molar-refractivity contribution >= 4 is 90.3 Å². The van der Waals surface area contributed by atoms with Gasteiger partial charge >= 0.3 is 102 Å². The van der Waals surface area contributed by atoms with Crippen molar-refractivity contribution in [1.82, 2.24) is 39.5 Å². The van der Waals surface area contributed by atoms with E-state index in [9.17, 15) is 24.0 Å². The van der Waals surface area contributed by atoms with E-state index in [0.29, 0.717) is 56.9 Å². The van der Waals surface area contributed by atoms with Crippen LogP contribution in [0.2, 0.25) is 0 Å². The van der Waals surface area contributed by atoms with Crippen LogP contribution in [0, 0.1) is 50.4 Å². The number of aromatic amines is 3. The van der Waals surface area contributed by atoms with Crippen LogP contribution in [0.15, 0.2) is 72.8 Å². The van der Waals surface area contributed by atoms with Gasteiger partial charge in [-0.3, -0.25) is 24.4 Å². The summed E-state index contributed by atoms with van der Waals surface area (Å²) in [6.45, 7) is 15.2. The summed E-state index contributed by atoms with van der Waals surface area (Å²) in [6.07, 6.45) is 3.08. The molecule has 4 aromatic heterocycles. The number of H-pyrrole nitrogens is 3. The first-order valence-corrected chi connectivity index (χ1v) is 50.2. The molecule has 24 heteroatoms. The van der Waals surface area contributed by atoms with E-state index in [1.165, 1.54) is 6.20 Å². The first-order chi connectivity index (χ1) is 30.6. The third-order valence-corrected chi connectivity index (χ3v) is 174. The molecule has 0 radical (unpaired) electrons. The molecule has 0 aliphatic heterocycles. The molecule has 6 aromatic rings. The summed E-state index contributed by atoms with van der Waals surface area (Å²) in [7, 11) is 0.948. The molecular weight excluding hydrogens is 1550 g/mol. The van der Waals surface area contributed by atoms with Crippen LogP contribution in [0.5, 0.6) is 28.9 Å². The Morgan fingerprint density at radius 3 is 1.37 bits per heavy atom. The van der Waals surface area contributed by atoms with E-state index in [1.54, 1.807) is 69.6 Å². The Balaban J connectivity index is 0.000000400. The molecule has 0 fully saturated rings. The minimum absolute atomic E-state index is 0. The predicted octanol–water partition coefficient (Wildman–Crippen LogP) is 11.3. The summed E-state index contributed by atoms with van der Waals surface area (Å²) in [5.41, 5.74) is 1.13. The molecule has 18 nitrogen and oxygen atoms in total. The number of halogens is 6. The standard InChI is InChI=1S/C21H21N5O4.C20H19N5O4.2CH4.I6/c1-11(2)16-8-15(10-23-20(16)29-5)30-18-12(3)6-14(7-13(18)4)26-21(28)24-19(27)17(9-22)25-26;1-10(2)15-7-14(9-22-18(15)26)29-17-11(3)5-13(6-12(17)4)25-20(28)23-19(27)16(8-21)24-25;;;1-5(2)6(3)4/h6-8,10-11H,1-5H3,(H,24,27,28);5-7,9-10H,1-4H3,(H,22,26)(H,23,27,28);2*1H4;. The third kappa shape index (κ3) is 15.8. The van der Waals surface area contributed by atoms with E-state index in [2.05, 4.69) is 105 Å². The Labute approximate surface area is 436 Å². The molecule has 0 unspecified atom stereocenters. The summed E-state index contributed by atoms with van der Waals surface area (Å²) in [6, 6.07) is 13.6.